The molecule has 0 saturated carbocycles. The molecule has 8 heteroatoms. The Balaban J connectivity index is 2.10. The minimum atomic E-state index is -0.517. The van der Waals surface area contributed by atoms with E-state index in [1.165, 1.54) is 0 Å². The maximum Gasteiger partial charge on any atom is 0.218 e. The fourth-order valence-corrected chi connectivity index (χ4v) is 3.51. The van der Waals surface area contributed by atoms with Gasteiger partial charge in [0.1, 0.15) is 6.54 Å². The van der Waals surface area contributed by atoms with E-state index in [9.17, 15) is 5.21 Å². The maximum atomic E-state index is 13.3. The van der Waals surface area contributed by atoms with Crippen LogP contribution in [0.4, 0.5) is 0 Å². The number of benzene rings is 2. The van der Waals surface area contributed by atoms with Crippen LogP contribution in [0, 0.1) is 5.21 Å². The first-order chi connectivity index (χ1) is 12.9. The lowest BCUT2D eigenvalue weighted by molar-refractivity contribution is -0.504. The molecular weight excluding hydrogens is 428 g/mol. The van der Waals surface area contributed by atoms with E-state index in [1.807, 2.05) is 0 Å². The van der Waals surface area contributed by atoms with Crippen molar-refractivity contribution < 1.29 is 4.74 Å². The molecule has 1 aromatic heterocycles. The van der Waals surface area contributed by atoms with Gasteiger partial charge in [0, 0.05) is 29.9 Å². The first kappa shape index (κ1) is 20.0. The zero-order valence-electron chi connectivity index (χ0n) is 14.2. The molecule has 27 heavy (non-hydrogen) atoms. The minimum absolute atomic E-state index is 0.253. The Morgan fingerprint density at radius 1 is 1.07 bits per heavy atom. The standard InChI is InChI=1S/C19H15Cl4N3O/c1-12(13-3-6-16(21)18(23)9-13)26(27)19(11-25-8-2-7-24-25)15-5-4-14(20)10-17(15)22/h2-10,12H,11H2,1H3/b26-19+/t12-/m1/s1. The molecule has 0 aliphatic carbocycles. The molecule has 0 aliphatic rings. The summed E-state index contributed by atoms with van der Waals surface area (Å²) in [7, 11) is 0. The summed E-state index contributed by atoms with van der Waals surface area (Å²) in [5, 5.41) is 19.2. The highest BCUT2D eigenvalue weighted by Crippen LogP contribution is 2.28. The van der Waals surface area contributed by atoms with E-state index in [2.05, 4.69) is 5.10 Å². The van der Waals surface area contributed by atoms with Gasteiger partial charge in [0.25, 0.3) is 0 Å². The van der Waals surface area contributed by atoms with Gasteiger partial charge in [0.15, 0.2) is 6.04 Å². The monoisotopic (exact) mass is 441 g/mol. The smallest absolute Gasteiger partial charge is 0.218 e. The summed E-state index contributed by atoms with van der Waals surface area (Å²) in [6.07, 6.45) is 3.43. The highest BCUT2D eigenvalue weighted by Gasteiger charge is 2.23. The first-order valence-electron chi connectivity index (χ1n) is 8.07. The molecule has 0 amide bonds. The number of halogens is 4. The maximum absolute atomic E-state index is 13.3. The van der Waals surface area contributed by atoms with Gasteiger partial charge in [0.05, 0.1) is 20.6 Å². The van der Waals surface area contributed by atoms with E-state index in [0.717, 1.165) is 10.3 Å². The molecule has 0 N–H and O–H groups in total. The van der Waals surface area contributed by atoms with Gasteiger partial charge in [-0.3, -0.25) is 4.68 Å². The lowest BCUT2D eigenvalue weighted by atomic mass is 10.1. The zero-order valence-corrected chi connectivity index (χ0v) is 17.3. The second-order valence-corrected chi connectivity index (χ2v) is 7.61. The molecule has 0 saturated heterocycles. The van der Waals surface area contributed by atoms with Gasteiger partial charge in [-0.15, -0.1) is 0 Å². The molecule has 0 unspecified atom stereocenters. The van der Waals surface area contributed by atoms with E-state index in [0.29, 0.717) is 31.4 Å². The number of hydrogen-bond acceptors (Lipinski definition) is 2. The number of aromatic nitrogens is 2. The Hall–Kier alpha value is -1.72. The molecule has 3 aromatic rings. The van der Waals surface area contributed by atoms with Crippen LogP contribution in [-0.4, -0.2) is 20.2 Å². The van der Waals surface area contributed by atoms with E-state index >= 15 is 0 Å². The fourth-order valence-electron chi connectivity index (χ4n) is 2.69. The summed E-state index contributed by atoms with van der Waals surface area (Å²) in [6.45, 7) is 2.04. The van der Waals surface area contributed by atoms with Crippen molar-refractivity contribution in [3.8, 4) is 0 Å². The average molecular weight is 443 g/mol. The molecule has 0 bridgehead atoms. The topological polar surface area (TPSA) is 43.9 Å². The fraction of sp³-hybridized carbons (Fsp3) is 0.158. The van der Waals surface area contributed by atoms with Crippen molar-refractivity contribution in [3.05, 3.63) is 91.3 Å². The Morgan fingerprint density at radius 3 is 2.48 bits per heavy atom. The van der Waals surface area contributed by atoms with E-state index < -0.39 is 6.04 Å². The molecule has 140 valence electrons. The van der Waals surface area contributed by atoms with Crippen LogP contribution >= 0.6 is 46.4 Å². The van der Waals surface area contributed by atoms with Crippen molar-refractivity contribution in [2.75, 3.05) is 0 Å². The average Bonchev–Trinajstić information content (AvgIpc) is 3.14. The van der Waals surface area contributed by atoms with Gasteiger partial charge in [-0.2, -0.15) is 5.10 Å². The summed E-state index contributed by atoms with van der Waals surface area (Å²) >= 11 is 24.5. The van der Waals surface area contributed by atoms with Crippen molar-refractivity contribution in [2.24, 2.45) is 0 Å². The summed E-state index contributed by atoms with van der Waals surface area (Å²) in [5.74, 6) is 0. The second-order valence-electron chi connectivity index (χ2n) is 5.95. The highest BCUT2D eigenvalue weighted by atomic mass is 35.5. The molecule has 0 spiro atoms. The molecule has 0 fully saturated rings. The van der Waals surface area contributed by atoms with Gasteiger partial charge < -0.3 is 5.21 Å². The molecule has 0 radical (unpaired) electrons. The third-order valence-corrected chi connectivity index (χ3v) is 5.44. The third kappa shape index (κ3) is 4.58. The predicted octanol–water partition coefficient (Wildman–Crippen LogP) is 6.26. The summed E-state index contributed by atoms with van der Waals surface area (Å²) in [4.78, 5) is 0. The van der Waals surface area contributed by atoms with Crippen molar-refractivity contribution in [2.45, 2.75) is 19.5 Å². The van der Waals surface area contributed by atoms with Crippen molar-refractivity contribution in [3.63, 3.8) is 0 Å². The van der Waals surface area contributed by atoms with Crippen molar-refractivity contribution in [1.29, 1.82) is 0 Å². The summed E-state index contributed by atoms with van der Waals surface area (Å²) in [6, 6.07) is 11.5. The second kappa shape index (κ2) is 8.53. The van der Waals surface area contributed by atoms with Crippen LogP contribution in [-0.2, 0) is 6.54 Å². The van der Waals surface area contributed by atoms with Gasteiger partial charge in [0.2, 0.25) is 5.71 Å². The number of nitrogens with zero attached hydrogens (tertiary/aromatic N) is 3. The number of rotatable bonds is 5. The molecule has 1 heterocycles. The molecular formula is C19H15Cl4N3O. The Morgan fingerprint density at radius 2 is 1.85 bits per heavy atom. The van der Waals surface area contributed by atoms with Crippen LogP contribution in [0.2, 0.25) is 20.1 Å². The molecule has 2 aromatic carbocycles. The van der Waals surface area contributed by atoms with E-state index in [1.54, 1.807) is 66.5 Å². The van der Waals surface area contributed by atoms with Gasteiger partial charge >= 0.3 is 0 Å². The lowest BCUT2D eigenvalue weighted by Gasteiger charge is -2.19. The minimum Gasteiger partial charge on any atom is -0.623 e. The van der Waals surface area contributed by atoms with Crippen molar-refractivity contribution in [1.82, 2.24) is 9.78 Å². The van der Waals surface area contributed by atoms with Gasteiger partial charge in [-0.1, -0.05) is 52.5 Å². The SMILES string of the molecule is C[C@H](c1ccc(Cl)c(Cl)c1)/[N+]([O-])=C(/Cn1cccn1)c1ccc(Cl)cc1Cl. The van der Waals surface area contributed by atoms with Crippen LogP contribution in [0.5, 0.6) is 0 Å². The normalized spacial score (nSPS) is 13.4. The van der Waals surface area contributed by atoms with Crippen LogP contribution < -0.4 is 0 Å². The first-order valence-corrected chi connectivity index (χ1v) is 9.58. The van der Waals surface area contributed by atoms with Gasteiger partial charge in [-0.25, -0.2) is 4.74 Å². The highest BCUT2D eigenvalue weighted by molar-refractivity contribution is 6.42. The third-order valence-electron chi connectivity index (χ3n) is 4.16. The van der Waals surface area contributed by atoms with Crippen LogP contribution in [0.3, 0.4) is 0 Å². The number of hydroxylamine groups is 1. The van der Waals surface area contributed by atoms with Crippen molar-refractivity contribution >= 4 is 52.1 Å². The predicted molar refractivity (Wildman–Crippen MR) is 111 cm³/mol. The van der Waals surface area contributed by atoms with E-state index in [-0.39, 0.29) is 6.54 Å². The summed E-state index contributed by atoms with van der Waals surface area (Å²) < 4.78 is 2.57. The molecule has 3 rings (SSSR count). The van der Waals surface area contributed by atoms with Crippen LogP contribution in [0.15, 0.2) is 54.9 Å². The largest absolute Gasteiger partial charge is 0.623 e. The Bertz CT molecular complexity index is 987. The lowest BCUT2D eigenvalue weighted by Crippen LogP contribution is -2.25. The van der Waals surface area contributed by atoms with E-state index in [4.69, 9.17) is 46.4 Å². The van der Waals surface area contributed by atoms with Crippen LogP contribution in [0.25, 0.3) is 0 Å². The van der Waals surface area contributed by atoms with Gasteiger partial charge in [-0.05, 0) is 36.4 Å². The molecule has 0 aliphatic heterocycles. The Kier molecular flexibility index (Phi) is 6.33. The zero-order chi connectivity index (χ0) is 19.6. The number of hydrogen-bond donors (Lipinski definition) is 0. The summed E-state index contributed by atoms with van der Waals surface area (Å²) in [5.41, 5.74) is 1.79. The van der Waals surface area contributed by atoms with Crippen LogP contribution in [0.1, 0.15) is 24.1 Å². The quantitative estimate of drug-likeness (QED) is 0.202. The molecule has 1 atom stereocenters. The molecule has 4 nitrogen and oxygen atoms in total. The Labute approximate surface area is 177 Å².